The number of benzene rings is 2. The third kappa shape index (κ3) is 3.02. The smallest absolute Gasteiger partial charge is 0.258 e. The molecule has 0 atom stereocenters. The lowest BCUT2D eigenvalue weighted by Gasteiger charge is -2.10. The van der Waals surface area contributed by atoms with E-state index in [0.29, 0.717) is 17.8 Å². The molecule has 4 rings (SSSR count). The molecule has 1 aliphatic carbocycles. The second-order valence-corrected chi connectivity index (χ2v) is 6.27. The Bertz CT molecular complexity index is 860. The number of nitrogens with one attached hydrogen (secondary N) is 1. The summed E-state index contributed by atoms with van der Waals surface area (Å²) in [5, 5.41) is 9.19. The van der Waals surface area contributed by atoms with Crippen LogP contribution < -0.4 is 5.32 Å². The Kier molecular flexibility index (Phi) is 3.99. The van der Waals surface area contributed by atoms with Crippen LogP contribution in [-0.4, -0.2) is 22.1 Å². The zero-order valence-electron chi connectivity index (χ0n) is 13.4. The number of hydrogen-bond donors (Lipinski definition) is 1. The molecule has 0 unspecified atom stereocenters. The van der Waals surface area contributed by atoms with Crippen LogP contribution in [0.3, 0.4) is 0 Å². The van der Waals surface area contributed by atoms with Crippen LogP contribution in [0.2, 0.25) is 0 Å². The van der Waals surface area contributed by atoms with Crippen LogP contribution in [0.25, 0.3) is 22.2 Å². The van der Waals surface area contributed by atoms with E-state index in [2.05, 4.69) is 15.5 Å². The number of aromatic nitrogens is 2. The lowest BCUT2D eigenvalue weighted by molar-refractivity contribution is -0.121. The lowest BCUT2D eigenvalue weighted by atomic mass is 10.0. The molecular formula is C19H19N3O2. The monoisotopic (exact) mass is 321 g/mol. The van der Waals surface area contributed by atoms with Gasteiger partial charge >= 0.3 is 0 Å². The molecule has 5 nitrogen and oxygen atoms in total. The summed E-state index contributed by atoms with van der Waals surface area (Å²) in [7, 11) is 0. The maximum absolute atomic E-state index is 12.1. The number of fused-ring (bicyclic) bond motifs is 1. The molecule has 1 aliphatic rings. The molecule has 1 saturated carbocycles. The molecule has 1 N–H and O–H groups in total. The van der Waals surface area contributed by atoms with Crippen molar-refractivity contribution in [2.75, 3.05) is 0 Å². The Balaban J connectivity index is 1.52. The number of hydrogen-bond acceptors (Lipinski definition) is 4. The van der Waals surface area contributed by atoms with Crippen LogP contribution in [-0.2, 0) is 11.2 Å². The quantitative estimate of drug-likeness (QED) is 0.798. The lowest BCUT2D eigenvalue weighted by Crippen LogP contribution is -2.33. The van der Waals surface area contributed by atoms with Crippen molar-refractivity contribution in [3.8, 4) is 11.5 Å². The van der Waals surface area contributed by atoms with Gasteiger partial charge < -0.3 is 9.84 Å². The molecule has 24 heavy (non-hydrogen) atoms. The highest BCUT2D eigenvalue weighted by atomic mass is 16.5. The maximum Gasteiger partial charge on any atom is 0.258 e. The number of carbonyl (C=O) groups excluding carboxylic acids is 1. The zero-order valence-corrected chi connectivity index (χ0v) is 13.4. The molecule has 2 aromatic carbocycles. The molecule has 0 radical (unpaired) electrons. The Hall–Kier alpha value is -2.69. The Morgan fingerprint density at radius 2 is 1.92 bits per heavy atom. The summed E-state index contributed by atoms with van der Waals surface area (Å²) in [6, 6.07) is 14.3. The van der Waals surface area contributed by atoms with Gasteiger partial charge in [-0.25, -0.2) is 0 Å². The molecule has 1 fully saturated rings. The number of amides is 1. The van der Waals surface area contributed by atoms with Crippen LogP contribution in [0.1, 0.15) is 31.5 Å². The minimum atomic E-state index is -0.0350. The highest BCUT2D eigenvalue weighted by molar-refractivity contribution is 5.94. The SMILES string of the molecule is O=C(Cc1noc(-c2cccc3ccccc23)n1)NC1CCCC1. The standard InChI is InChI=1S/C19H19N3O2/c23-18(20-14-8-2-3-9-14)12-17-21-19(24-22-17)16-11-5-7-13-6-1-4-10-15(13)16/h1,4-7,10-11,14H,2-3,8-9,12H2,(H,20,23). The second-order valence-electron chi connectivity index (χ2n) is 6.27. The predicted molar refractivity (Wildman–Crippen MR) is 91.3 cm³/mol. The molecule has 1 heterocycles. The van der Waals surface area contributed by atoms with E-state index in [4.69, 9.17) is 4.52 Å². The maximum atomic E-state index is 12.1. The fourth-order valence-corrected chi connectivity index (χ4v) is 3.34. The summed E-state index contributed by atoms with van der Waals surface area (Å²) in [6.45, 7) is 0. The van der Waals surface area contributed by atoms with Crippen molar-refractivity contribution in [1.29, 1.82) is 0 Å². The Morgan fingerprint density at radius 3 is 2.79 bits per heavy atom. The van der Waals surface area contributed by atoms with E-state index in [0.717, 1.165) is 29.2 Å². The molecule has 0 spiro atoms. The van der Waals surface area contributed by atoms with E-state index in [-0.39, 0.29) is 12.3 Å². The highest BCUT2D eigenvalue weighted by Crippen LogP contribution is 2.27. The third-order valence-electron chi connectivity index (χ3n) is 4.53. The van der Waals surface area contributed by atoms with Gasteiger partial charge in [0.1, 0.15) is 0 Å². The summed E-state index contributed by atoms with van der Waals surface area (Å²) in [5.41, 5.74) is 0.892. The van der Waals surface area contributed by atoms with E-state index >= 15 is 0 Å². The van der Waals surface area contributed by atoms with Crippen LogP contribution in [0.15, 0.2) is 47.0 Å². The van der Waals surface area contributed by atoms with Gasteiger partial charge in [0, 0.05) is 11.6 Å². The Labute approximate surface area is 140 Å². The molecule has 3 aromatic rings. The molecule has 0 aliphatic heterocycles. The fraction of sp³-hybridized carbons (Fsp3) is 0.316. The highest BCUT2D eigenvalue weighted by Gasteiger charge is 2.19. The molecule has 1 amide bonds. The summed E-state index contributed by atoms with van der Waals surface area (Å²) in [4.78, 5) is 16.5. The van der Waals surface area contributed by atoms with Gasteiger partial charge in [-0.15, -0.1) is 0 Å². The van der Waals surface area contributed by atoms with Gasteiger partial charge in [-0.05, 0) is 29.7 Å². The number of nitrogens with zero attached hydrogens (tertiary/aromatic N) is 2. The molecular weight excluding hydrogens is 302 g/mol. The Morgan fingerprint density at radius 1 is 1.12 bits per heavy atom. The van der Waals surface area contributed by atoms with Gasteiger partial charge in [0.2, 0.25) is 5.91 Å². The van der Waals surface area contributed by atoms with Crippen LogP contribution >= 0.6 is 0 Å². The van der Waals surface area contributed by atoms with Crippen molar-refractivity contribution in [1.82, 2.24) is 15.5 Å². The average Bonchev–Trinajstić information content (AvgIpc) is 3.26. The normalized spacial score (nSPS) is 15.0. The molecule has 5 heteroatoms. The van der Waals surface area contributed by atoms with E-state index in [9.17, 15) is 4.79 Å². The van der Waals surface area contributed by atoms with Gasteiger partial charge in [0.25, 0.3) is 5.89 Å². The molecule has 1 aromatic heterocycles. The van der Waals surface area contributed by atoms with Crippen LogP contribution in [0.4, 0.5) is 0 Å². The number of rotatable bonds is 4. The van der Waals surface area contributed by atoms with Crippen molar-refractivity contribution in [2.24, 2.45) is 0 Å². The average molecular weight is 321 g/mol. The van der Waals surface area contributed by atoms with Crippen LogP contribution in [0, 0.1) is 0 Å². The van der Waals surface area contributed by atoms with Crippen molar-refractivity contribution in [2.45, 2.75) is 38.1 Å². The van der Waals surface area contributed by atoms with Gasteiger partial charge in [-0.3, -0.25) is 4.79 Å². The summed E-state index contributed by atoms with van der Waals surface area (Å²) >= 11 is 0. The van der Waals surface area contributed by atoms with Gasteiger partial charge in [0.15, 0.2) is 5.82 Å². The minimum Gasteiger partial charge on any atom is -0.353 e. The summed E-state index contributed by atoms with van der Waals surface area (Å²) in [5.74, 6) is 0.844. The van der Waals surface area contributed by atoms with Gasteiger partial charge in [-0.2, -0.15) is 4.98 Å². The predicted octanol–water partition coefficient (Wildman–Crippen LogP) is 3.49. The van der Waals surface area contributed by atoms with Crippen molar-refractivity contribution < 1.29 is 9.32 Å². The van der Waals surface area contributed by atoms with E-state index < -0.39 is 0 Å². The first kappa shape index (κ1) is 14.9. The van der Waals surface area contributed by atoms with Gasteiger partial charge in [0.05, 0.1) is 6.42 Å². The molecule has 0 bridgehead atoms. The molecule has 122 valence electrons. The fourth-order valence-electron chi connectivity index (χ4n) is 3.34. The van der Waals surface area contributed by atoms with Crippen molar-refractivity contribution in [3.63, 3.8) is 0 Å². The van der Waals surface area contributed by atoms with E-state index in [1.165, 1.54) is 12.8 Å². The van der Waals surface area contributed by atoms with Crippen molar-refractivity contribution >= 4 is 16.7 Å². The second kappa shape index (κ2) is 6.43. The van der Waals surface area contributed by atoms with Crippen molar-refractivity contribution in [3.05, 3.63) is 48.3 Å². The summed E-state index contributed by atoms with van der Waals surface area (Å²) in [6.07, 6.45) is 4.68. The first-order chi connectivity index (χ1) is 11.8. The first-order valence-corrected chi connectivity index (χ1v) is 8.40. The van der Waals surface area contributed by atoms with E-state index in [1.807, 2.05) is 42.5 Å². The number of carbonyl (C=O) groups is 1. The molecule has 0 saturated heterocycles. The van der Waals surface area contributed by atoms with E-state index in [1.54, 1.807) is 0 Å². The topological polar surface area (TPSA) is 68.0 Å². The largest absolute Gasteiger partial charge is 0.353 e. The first-order valence-electron chi connectivity index (χ1n) is 8.40. The summed E-state index contributed by atoms with van der Waals surface area (Å²) < 4.78 is 5.39. The third-order valence-corrected chi connectivity index (χ3v) is 4.53. The zero-order chi connectivity index (χ0) is 16.4. The minimum absolute atomic E-state index is 0.0350. The van der Waals surface area contributed by atoms with Crippen LogP contribution in [0.5, 0.6) is 0 Å². The van der Waals surface area contributed by atoms with Gasteiger partial charge in [-0.1, -0.05) is 54.4 Å².